The second-order valence-electron chi connectivity index (χ2n) is 6.46. The number of nitrogens with one attached hydrogen (secondary N) is 1. The summed E-state index contributed by atoms with van der Waals surface area (Å²) in [6.45, 7) is 7.36. The van der Waals surface area contributed by atoms with E-state index in [2.05, 4.69) is 27.3 Å². The third-order valence-electron chi connectivity index (χ3n) is 4.79. The number of nitrogens with zero attached hydrogens (tertiary/aromatic N) is 2. The van der Waals surface area contributed by atoms with Crippen molar-refractivity contribution >= 4 is 29.9 Å². The van der Waals surface area contributed by atoms with Gasteiger partial charge in [0, 0.05) is 38.7 Å². The van der Waals surface area contributed by atoms with E-state index < -0.39 is 0 Å². The Morgan fingerprint density at radius 2 is 2.29 bits per heavy atom. The summed E-state index contributed by atoms with van der Waals surface area (Å²) in [5.74, 6) is 1.90. The number of halogens is 1. The zero-order chi connectivity index (χ0) is 16.1. The molecule has 1 N–H and O–H groups in total. The van der Waals surface area contributed by atoms with E-state index in [0.717, 1.165) is 44.6 Å². The van der Waals surface area contributed by atoms with Gasteiger partial charge >= 0.3 is 0 Å². The molecule has 0 saturated carbocycles. The highest BCUT2D eigenvalue weighted by molar-refractivity contribution is 14.0. The minimum absolute atomic E-state index is 0. The quantitative estimate of drug-likeness (QED) is 0.440. The number of benzene rings is 1. The van der Waals surface area contributed by atoms with E-state index in [1.165, 1.54) is 18.4 Å². The normalized spacial score (nSPS) is 23.4. The third-order valence-corrected chi connectivity index (χ3v) is 4.79. The molecular formula is C18H28IN3O2. The first kappa shape index (κ1) is 19.3. The lowest BCUT2D eigenvalue weighted by molar-refractivity contribution is 0.156. The maximum absolute atomic E-state index is 5.61. The summed E-state index contributed by atoms with van der Waals surface area (Å²) in [7, 11) is 1.86. The van der Waals surface area contributed by atoms with Crippen molar-refractivity contribution < 1.29 is 9.47 Å². The molecule has 1 atom stereocenters. The largest absolute Gasteiger partial charge is 0.494 e. The highest BCUT2D eigenvalue weighted by Crippen LogP contribution is 2.38. The van der Waals surface area contributed by atoms with Crippen molar-refractivity contribution in [1.29, 1.82) is 0 Å². The second-order valence-corrected chi connectivity index (χ2v) is 6.46. The molecular weight excluding hydrogens is 417 g/mol. The van der Waals surface area contributed by atoms with Crippen molar-refractivity contribution in [1.82, 2.24) is 10.2 Å². The summed E-state index contributed by atoms with van der Waals surface area (Å²) in [6, 6.07) is 8.22. The van der Waals surface area contributed by atoms with Gasteiger partial charge < -0.3 is 19.7 Å². The molecule has 24 heavy (non-hydrogen) atoms. The molecule has 1 aromatic carbocycles. The van der Waals surface area contributed by atoms with Gasteiger partial charge in [0.25, 0.3) is 0 Å². The Bertz CT molecular complexity index is 559. The van der Waals surface area contributed by atoms with E-state index >= 15 is 0 Å². The number of aliphatic imine (C=N–C) groups is 1. The summed E-state index contributed by atoms with van der Waals surface area (Å²) in [4.78, 5) is 6.82. The van der Waals surface area contributed by atoms with Crippen molar-refractivity contribution in [3.05, 3.63) is 29.8 Å². The maximum Gasteiger partial charge on any atom is 0.193 e. The van der Waals surface area contributed by atoms with E-state index in [1.807, 2.05) is 26.1 Å². The van der Waals surface area contributed by atoms with Gasteiger partial charge in [0.05, 0.1) is 13.2 Å². The minimum atomic E-state index is 0. The molecule has 2 fully saturated rings. The van der Waals surface area contributed by atoms with E-state index in [-0.39, 0.29) is 24.0 Å². The number of ether oxygens (including phenoxy) is 2. The lowest BCUT2D eigenvalue weighted by Crippen LogP contribution is -2.41. The fraction of sp³-hybridized carbons (Fsp3) is 0.611. The van der Waals surface area contributed by atoms with Crippen LogP contribution >= 0.6 is 24.0 Å². The SMILES string of the molecule is CCOc1cccc(CNC(=NC)N2CCC3(CCOC3)C2)c1.I. The Balaban J connectivity index is 0.00000208. The average molecular weight is 445 g/mol. The predicted octanol–water partition coefficient (Wildman–Crippen LogP) is 2.89. The lowest BCUT2D eigenvalue weighted by atomic mass is 9.87. The van der Waals surface area contributed by atoms with Crippen LogP contribution in [0.1, 0.15) is 25.3 Å². The van der Waals surface area contributed by atoms with Crippen LogP contribution in [0.5, 0.6) is 5.75 Å². The maximum atomic E-state index is 5.61. The molecule has 134 valence electrons. The molecule has 1 spiro atoms. The summed E-state index contributed by atoms with van der Waals surface area (Å²) in [5, 5.41) is 3.48. The van der Waals surface area contributed by atoms with Gasteiger partial charge in [-0.1, -0.05) is 12.1 Å². The van der Waals surface area contributed by atoms with Gasteiger partial charge in [0.15, 0.2) is 5.96 Å². The Morgan fingerprint density at radius 3 is 3.00 bits per heavy atom. The van der Waals surface area contributed by atoms with E-state index in [0.29, 0.717) is 12.0 Å². The van der Waals surface area contributed by atoms with Crippen molar-refractivity contribution in [2.45, 2.75) is 26.3 Å². The first-order valence-electron chi connectivity index (χ1n) is 8.50. The summed E-state index contributed by atoms with van der Waals surface area (Å²) >= 11 is 0. The molecule has 1 aromatic rings. The van der Waals surface area contributed by atoms with Crippen molar-refractivity contribution in [2.75, 3.05) is 40.0 Å². The molecule has 2 aliphatic heterocycles. The highest BCUT2D eigenvalue weighted by Gasteiger charge is 2.42. The van der Waals surface area contributed by atoms with E-state index in [1.54, 1.807) is 0 Å². The van der Waals surface area contributed by atoms with Crippen molar-refractivity contribution in [3.8, 4) is 5.75 Å². The Labute approximate surface area is 161 Å². The van der Waals surface area contributed by atoms with Crippen LogP contribution in [-0.4, -0.2) is 50.8 Å². The van der Waals surface area contributed by atoms with Crippen LogP contribution in [0.3, 0.4) is 0 Å². The van der Waals surface area contributed by atoms with Crippen LogP contribution in [0.15, 0.2) is 29.3 Å². The number of likely N-dealkylation sites (tertiary alicyclic amines) is 1. The summed E-state index contributed by atoms with van der Waals surface area (Å²) in [5.41, 5.74) is 1.56. The van der Waals surface area contributed by atoms with Gasteiger partial charge in [-0.15, -0.1) is 24.0 Å². The van der Waals surface area contributed by atoms with Crippen LogP contribution in [0.4, 0.5) is 0 Å². The molecule has 6 heteroatoms. The Kier molecular flexibility index (Phi) is 7.16. The lowest BCUT2D eigenvalue weighted by Gasteiger charge is -2.25. The predicted molar refractivity (Wildman–Crippen MR) is 107 cm³/mol. The van der Waals surface area contributed by atoms with Gasteiger partial charge in [-0.05, 0) is 37.5 Å². The van der Waals surface area contributed by atoms with Crippen LogP contribution in [0, 0.1) is 5.41 Å². The van der Waals surface area contributed by atoms with Crippen LogP contribution < -0.4 is 10.1 Å². The average Bonchev–Trinajstić information content (AvgIpc) is 3.19. The van der Waals surface area contributed by atoms with Gasteiger partial charge in [0.2, 0.25) is 0 Å². The highest BCUT2D eigenvalue weighted by atomic mass is 127. The van der Waals surface area contributed by atoms with Gasteiger partial charge in [-0.25, -0.2) is 0 Å². The van der Waals surface area contributed by atoms with Crippen LogP contribution in [0.2, 0.25) is 0 Å². The smallest absolute Gasteiger partial charge is 0.193 e. The third kappa shape index (κ3) is 4.53. The molecule has 0 amide bonds. The molecule has 2 saturated heterocycles. The zero-order valence-electron chi connectivity index (χ0n) is 14.6. The monoisotopic (exact) mass is 445 g/mol. The van der Waals surface area contributed by atoms with Gasteiger partial charge in [-0.3, -0.25) is 4.99 Å². The van der Waals surface area contributed by atoms with Gasteiger partial charge in [-0.2, -0.15) is 0 Å². The fourth-order valence-electron chi connectivity index (χ4n) is 3.51. The molecule has 2 aliphatic rings. The standard InChI is InChI=1S/C18H27N3O2.HI/c1-3-23-16-6-4-5-15(11-16)12-20-17(19-2)21-9-7-18(13-21)8-10-22-14-18;/h4-6,11H,3,7-10,12-14H2,1-2H3,(H,19,20);1H. The van der Waals surface area contributed by atoms with Crippen LogP contribution in [0.25, 0.3) is 0 Å². The van der Waals surface area contributed by atoms with Crippen molar-refractivity contribution in [2.24, 2.45) is 10.4 Å². The fourth-order valence-corrected chi connectivity index (χ4v) is 3.51. The first-order valence-corrected chi connectivity index (χ1v) is 8.50. The summed E-state index contributed by atoms with van der Waals surface area (Å²) in [6.07, 6.45) is 2.38. The molecule has 0 radical (unpaired) electrons. The topological polar surface area (TPSA) is 46.1 Å². The molecule has 0 aliphatic carbocycles. The Hall–Kier alpha value is -1.02. The van der Waals surface area contributed by atoms with Gasteiger partial charge in [0.1, 0.15) is 5.75 Å². The first-order chi connectivity index (χ1) is 11.2. The number of guanidine groups is 1. The molecule has 1 unspecified atom stereocenters. The molecule has 0 bridgehead atoms. The number of hydrogen-bond donors (Lipinski definition) is 1. The number of hydrogen-bond acceptors (Lipinski definition) is 3. The minimum Gasteiger partial charge on any atom is -0.494 e. The number of rotatable bonds is 4. The molecule has 0 aromatic heterocycles. The van der Waals surface area contributed by atoms with Crippen LogP contribution in [-0.2, 0) is 11.3 Å². The zero-order valence-corrected chi connectivity index (χ0v) is 16.9. The molecule has 5 nitrogen and oxygen atoms in total. The molecule has 2 heterocycles. The van der Waals surface area contributed by atoms with E-state index in [9.17, 15) is 0 Å². The van der Waals surface area contributed by atoms with Crippen molar-refractivity contribution in [3.63, 3.8) is 0 Å². The summed E-state index contributed by atoms with van der Waals surface area (Å²) < 4.78 is 11.2. The van der Waals surface area contributed by atoms with E-state index in [4.69, 9.17) is 9.47 Å². The molecule has 3 rings (SSSR count). The Morgan fingerprint density at radius 1 is 1.42 bits per heavy atom. The second kappa shape index (κ2) is 8.89.